The Morgan fingerprint density at radius 2 is 2.12 bits per heavy atom. The number of amides is 1. The van der Waals surface area contributed by atoms with Crippen molar-refractivity contribution in [3.8, 4) is 0 Å². The first-order valence-electron chi connectivity index (χ1n) is 6.00. The van der Waals surface area contributed by atoms with Gasteiger partial charge in [-0.1, -0.05) is 0 Å². The van der Waals surface area contributed by atoms with Crippen LogP contribution in [0.4, 0.5) is 4.79 Å². The topological polar surface area (TPSA) is 67.8 Å². The van der Waals surface area contributed by atoms with Crippen LogP contribution in [0.1, 0.15) is 40.5 Å². The fraction of sp³-hybridized carbons (Fsp3) is 0.917. The molecule has 1 unspecified atom stereocenters. The number of ether oxygens (including phenoxy) is 2. The number of alkyl carbamates (subject to hydrolysis) is 1. The second-order valence-electron chi connectivity index (χ2n) is 6.24. The first-order chi connectivity index (χ1) is 7.70. The zero-order chi connectivity index (χ0) is 12.9. The molecule has 2 N–H and O–H groups in total. The van der Waals surface area contributed by atoms with Crippen LogP contribution in [0, 0.1) is 0 Å². The van der Waals surface area contributed by atoms with Crippen molar-refractivity contribution in [1.82, 2.24) is 5.32 Å². The Kier molecular flexibility index (Phi) is 2.67. The number of rotatable bonds is 2. The summed E-state index contributed by atoms with van der Waals surface area (Å²) in [7, 11) is 0. The van der Waals surface area contributed by atoms with Crippen molar-refractivity contribution in [1.29, 1.82) is 0 Å². The number of carbonyl (C=O) groups is 1. The smallest absolute Gasteiger partial charge is 0.408 e. The summed E-state index contributed by atoms with van der Waals surface area (Å²) < 4.78 is 10.9. The highest BCUT2D eigenvalue weighted by Crippen LogP contribution is 2.55. The van der Waals surface area contributed by atoms with E-state index in [9.17, 15) is 9.90 Å². The van der Waals surface area contributed by atoms with Gasteiger partial charge in [0, 0.05) is 12.8 Å². The number of carbonyl (C=O) groups excluding carboxylic acids is 1. The van der Waals surface area contributed by atoms with E-state index in [1.165, 1.54) is 0 Å². The summed E-state index contributed by atoms with van der Waals surface area (Å²) in [6.45, 7) is 7.42. The molecule has 1 amide bonds. The molecule has 98 valence electrons. The Bertz CT molecular complexity index is 328. The molecule has 2 bridgehead atoms. The van der Waals surface area contributed by atoms with Gasteiger partial charge in [-0.3, -0.25) is 0 Å². The number of hydrogen-bond donors (Lipinski definition) is 2. The maximum atomic E-state index is 11.7. The molecule has 17 heavy (non-hydrogen) atoms. The van der Waals surface area contributed by atoms with E-state index in [-0.39, 0.29) is 18.2 Å². The van der Waals surface area contributed by atoms with E-state index >= 15 is 0 Å². The molecular weight excluding hydrogens is 222 g/mol. The predicted molar refractivity (Wildman–Crippen MR) is 61.7 cm³/mol. The second-order valence-corrected chi connectivity index (χ2v) is 6.24. The molecule has 2 saturated heterocycles. The maximum absolute atomic E-state index is 11.7. The van der Waals surface area contributed by atoms with E-state index in [0.29, 0.717) is 12.8 Å². The maximum Gasteiger partial charge on any atom is 0.408 e. The summed E-state index contributed by atoms with van der Waals surface area (Å²) >= 11 is 0. The zero-order valence-electron chi connectivity index (χ0n) is 10.9. The minimum atomic E-state index is -0.499. The number of aliphatic hydroxyl groups is 1. The van der Waals surface area contributed by atoms with Gasteiger partial charge in [0.2, 0.25) is 0 Å². The lowest BCUT2D eigenvalue weighted by molar-refractivity contribution is -0.0618. The van der Waals surface area contributed by atoms with Gasteiger partial charge in [0.25, 0.3) is 0 Å². The molecule has 2 heterocycles. The number of fused-ring (bicyclic) bond motifs is 1. The van der Waals surface area contributed by atoms with E-state index in [1.807, 2.05) is 27.7 Å². The molecule has 0 aromatic carbocycles. The summed E-state index contributed by atoms with van der Waals surface area (Å²) in [5, 5.41) is 12.1. The molecule has 0 radical (unpaired) electrons. The molecule has 1 aliphatic carbocycles. The zero-order valence-corrected chi connectivity index (χ0v) is 10.9. The fourth-order valence-electron chi connectivity index (χ4n) is 2.80. The van der Waals surface area contributed by atoms with E-state index in [1.54, 1.807) is 0 Å². The average Bonchev–Trinajstić information content (AvgIpc) is 2.49. The third kappa shape index (κ3) is 2.13. The van der Waals surface area contributed by atoms with Crippen molar-refractivity contribution >= 4 is 6.09 Å². The van der Waals surface area contributed by atoms with E-state index < -0.39 is 17.3 Å². The second kappa shape index (κ2) is 3.59. The summed E-state index contributed by atoms with van der Waals surface area (Å²) in [5.74, 6) is 0. The highest BCUT2D eigenvalue weighted by molar-refractivity contribution is 5.69. The van der Waals surface area contributed by atoms with E-state index in [0.717, 1.165) is 0 Å². The van der Waals surface area contributed by atoms with Crippen molar-refractivity contribution < 1.29 is 19.4 Å². The van der Waals surface area contributed by atoms with Gasteiger partial charge >= 0.3 is 6.09 Å². The normalized spacial score (nSPS) is 39.7. The van der Waals surface area contributed by atoms with Crippen LogP contribution in [0.5, 0.6) is 0 Å². The van der Waals surface area contributed by atoms with Crippen molar-refractivity contribution in [3.63, 3.8) is 0 Å². The monoisotopic (exact) mass is 243 g/mol. The lowest BCUT2D eigenvalue weighted by Gasteiger charge is -2.44. The van der Waals surface area contributed by atoms with Crippen LogP contribution in [0.25, 0.3) is 0 Å². The Labute approximate surface area is 101 Å². The molecule has 5 heteroatoms. The summed E-state index contributed by atoms with van der Waals surface area (Å²) in [4.78, 5) is 11.7. The van der Waals surface area contributed by atoms with Crippen LogP contribution in [0.15, 0.2) is 0 Å². The lowest BCUT2D eigenvalue weighted by Crippen LogP contribution is -2.62. The van der Waals surface area contributed by atoms with Crippen LogP contribution in [-0.2, 0) is 9.47 Å². The standard InChI is InChI=1S/C12H21NO4/c1-8-12(5-11(6-12,7-14)16-8)13-9(15)17-10(2,3)4/h8,14H,5-7H2,1-4H3,(H,13,15). The Balaban J connectivity index is 1.95. The number of nitrogens with one attached hydrogen (secondary N) is 1. The molecule has 3 fully saturated rings. The summed E-state index contributed by atoms with van der Waals surface area (Å²) in [5.41, 5.74) is -1.29. The largest absolute Gasteiger partial charge is 0.444 e. The lowest BCUT2D eigenvalue weighted by atomic mass is 9.66. The minimum absolute atomic E-state index is 0.00902. The molecule has 3 aliphatic rings. The first-order valence-corrected chi connectivity index (χ1v) is 6.00. The van der Waals surface area contributed by atoms with Gasteiger partial charge in [-0.25, -0.2) is 4.79 Å². The van der Waals surface area contributed by atoms with Crippen LogP contribution in [0.3, 0.4) is 0 Å². The number of hydrogen-bond acceptors (Lipinski definition) is 4. The van der Waals surface area contributed by atoms with Crippen molar-refractivity contribution in [2.75, 3.05) is 6.61 Å². The fourth-order valence-corrected chi connectivity index (χ4v) is 2.80. The van der Waals surface area contributed by atoms with E-state index in [2.05, 4.69) is 5.32 Å². The molecule has 0 aromatic heterocycles. The van der Waals surface area contributed by atoms with Gasteiger partial charge in [0.15, 0.2) is 0 Å². The van der Waals surface area contributed by atoms with Gasteiger partial charge in [-0.15, -0.1) is 0 Å². The Morgan fingerprint density at radius 1 is 1.53 bits per heavy atom. The van der Waals surface area contributed by atoms with Crippen LogP contribution in [-0.4, -0.2) is 40.7 Å². The first kappa shape index (κ1) is 12.6. The third-order valence-electron chi connectivity index (χ3n) is 3.52. The molecule has 1 atom stereocenters. The molecule has 5 nitrogen and oxygen atoms in total. The Morgan fingerprint density at radius 3 is 2.53 bits per heavy atom. The quantitative estimate of drug-likeness (QED) is 0.764. The van der Waals surface area contributed by atoms with Gasteiger partial charge < -0.3 is 19.9 Å². The third-order valence-corrected chi connectivity index (χ3v) is 3.52. The Hall–Kier alpha value is -0.810. The summed E-state index contributed by atoms with van der Waals surface area (Å²) in [6, 6.07) is 0. The average molecular weight is 243 g/mol. The van der Waals surface area contributed by atoms with Crippen LogP contribution >= 0.6 is 0 Å². The molecule has 0 aromatic rings. The minimum Gasteiger partial charge on any atom is -0.444 e. The highest BCUT2D eigenvalue weighted by atomic mass is 16.6. The molecule has 1 saturated carbocycles. The molecule has 2 aliphatic heterocycles. The van der Waals surface area contributed by atoms with Gasteiger partial charge in [0.1, 0.15) is 5.60 Å². The van der Waals surface area contributed by atoms with Crippen LogP contribution in [0.2, 0.25) is 0 Å². The van der Waals surface area contributed by atoms with Crippen LogP contribution < -0.4 is 5.32 Å². The summed E-state index contributed by atoms with van der Waals surface area (Å²) in [6.07, 6.45) is 0.830. The number of aliphatic hydroxyl groups excluding tert-OH is 1. The van der Waals surface area contributed by atoms with Gasteiger partial charge in [-0.05, 0) is 27.7 Å². The predicted octanol–water partition coefficient (Wildman–Crippen LogP) is 1.19. The highest BCUT2D eigenvalue weighted by Gasteiger charge is 2.67. The van der Waals surface area contributed by atoms with Crippen molar-refractivity contribution in [2.45, 2.75) is 63.4 Å². The molecule has 0 spiro atoms. The SMILES string of the molecule is CC1OC2(CO)CC1(NC(=O)OC(C)(C)C)C2. The van der Waals surface area contributed by atoms with Gasteiger partial charge in [-0.2, -0.15) is 0 Å². The van der Waals surface area contributed by atoms with Gasteiger partial charge in [0.05, 0.1) is 23.9 Å². The van der Waals surface area contributed by atoms with E-state index in [4.69, 9.17) is 9.47 Å². The van der Waals surface area contributed by atoms with Crippen molar-refractivity contribution in [3.05, 3.63) is 0 Å². The molecule has 3 rings (SSSR count). The van der Waals surface area contributed by atoms with Crippen molar-refractivity contribution in [2.24, 2.45) is 0 Å². The molecular formula is C12H21NO4.